The highest BCUT2D eigenvalue weighted by molar-refractivity contribution is 5.83. The summed E-state index contributed by atoms with van der Waals surface area (Å²) in [4.78, 5) is 11.6. The van der Waals surface area contributed by atoms with Gasteiger partial charge in [0, 0.05) is 13.0 Å². The summed E-state index contributed by atoms with van der Waals surface area (Å²) in [6.45, 7) is 8.82. The molecule has 3 nitrogen and oxygen atoms in total. The van der Waals surface area contributed by atoms with Crippen LogP contribution in [0.3, 0.4) is 0 Å². The van der Waals surface area contributed by atoms with Crippen LogP contribution in [0.2, 0.25) is 0 Å². The number of methoxy groups -OCH3 is 1. The zero-order chi connectivity index (χ0) is 10.3. The SMILES string of the molecule is COCNC(=O)C1C(C)(C)C1(C)C. The van der Waals surface area contributed by atoms with Crippen molar-refractivity contribution in [2.24, 2.45) is 16.7 Å². The second-order valence-electron chi connectivity index (χ2n) is 4.85. The Morgan fingerprint density at radius 3 is 2.08 bits per heavy atom. The fourth-order valence-corrected chi connectivity index (χ4v) is 2.10. The van der Waals surface area contributed by atoms with Crippen LogP contribution in [-0.4, -0.2) is 19.7 Å². The van der Waals surface area contributed by atoms with Crippen LogP contribution >= 0.6 is 0 Å². The Labute approximate surface area is 79.8 Å². The van der Waals surface area contributed by atoms with Gasteiger partial charge in [0.25, 0.3) is 0 Å². The van der Waals surface area contributed by atoms with Crippen molar-refractivity contribution in [3.05, 3.63) is 0 Å². The fraction of sp³-hybridized carbons (Fsp3) is 0.900. The Hall–Kier alpha value is -0.570. The minimum absolute atomic E-state index is 0.108. The number of carbonyl (C=O) groups is 1. The number of ether oxygens (including phenoxy) is 1. The fourth-order valence-electron chi connectivity index (χ4n) is 2.10. The van der Waals surface area contributed by atoms with E-state index in [2.05, 4.69) is 33.0 Å². The van der Waals surface area contributed by atoms with E-state index in [-0.39, 0.29) is 22.7 Å². The van der Waals surface area contributed by atoms with E-state index in [1.165, 1.54) is 0 Å². The second kappa shape index (κ2) is 2.98. The summed E-state index contributed by atoms with van der Waals surface area (Å²) in [6, 6.07) is 0. The maximum Gasteiger partial charge on any atom is 0.226 e. The van der Waals surface area contributed by atoms with Gasteiger partial charge in [-0.2, -0.15) is 0 Å². The molecule has 76 valence electrons. The molecule has 1 fully saturated rings. The van der Waals surface area contributed by atoms with Gasteiger partial charge in [0.05, 0.1) is 0 Å². The van der Waals surface area contributed by atoms with Crippen molar-refractivity contribution in [3.63, 3.8) is 0 Å². The van der Waals surface area contributed by atoms with Gasteiger partial charge in [0.2, 0.25) is 5.91 Å². The molecular weight excluding hydrogens is 166 g/mol. The van der Waals surface area contributed by atoms with Crippen molar-refractivity contribution in [2.45, 2.75) is 27.7 Å². The minimum Gasteiger partial charge on any atom is -0.364 e. The highest BCUT2D eigenvalue weighted by Crippen LogP contribution is 2.68. The first-order valence-corrected chi connectivity index (χ1v) is 4.62. The summed E-state index contributed by atoms with van der Waals surface area (Å²) < 4.78 is 4.79. The van der Waals surface area contributed by atoms with Crippen LogP contribution in [0.1, 0.15) is 27.7 Å². The molecule has 0 saturated heterocycles. The van der Waals surface area contributed by atoms with Gasteiger partial charge in [-0.25, -0.2) is 0 Å². The lowest BCUT2D eigenvalue weighted by atomic mass is 10.0. The summed E-state index contributed by atoms with van der Waals surface area (Å²) in [5.74, 6) is 0.229. The number of amides is 1. The van der Waals surface area contributed by atoms with Crippen molar-refractivity contribution in [3.8, 4) is 0 Å². The molecule has 0 spiro atoms. The van der Waals surface area contributed by atoms with Crippen molar-refractivity contribution < 1.29 is 9.53 Å². The Kier molecular flexibility index (Phi) is 2.41. The standard InChI is InChI=1S/C10H19NO2/c1-9(2)7(10(9,3)4)8(12)11-6-13-5/h7H,6H2,1-5H3,(H,11,12). The third-order valence-electron chi connectivity index (χ3n) is 3.67. The molecule has 3 heteroatoms. The van der Waals surface area contributed by atoms with Gasteiger partial charge in [-0.15, -0.1) is 0 Å². The van der Waals surface area contributed by atoms with Crippen LogP contribution in [0.4, 0.5) is 0 Å². The van der Waals surface area contributed by atoms with Gasteiger partial charge >= 0.3 is 0 Å². The highest BCUT2D eigenvalue weighted by Gasteiger charge is 2.68. The van der Waals surface area contributed by atoms with Gasteiger partial charge in [-0.05, 0) is 10.8 Å². The van der Waals surface area contributed by atoms with Gasteiger partial charge in [-0.1, -0.05) is 27.7 Å². The van der Waals surface area contributed by atoms with Crippen LogP contribution in [0.25, 0.3) is 0 Å². The monoisotopic (exact) mass is 185 g/mol. The molecule has 0 bridgehead atoms. The summed E-state index contributed by atoms with van der Waals surface area (Å²) in [6.07, 6.45) is 0. The van der Waals surface area contributed by atoms with E-state index in [0.717, 1.165) is 0 Å². The molecule has 1 saturated carbocycles. The van der Waals surface area contributed by atoms with Crippen LogP contribution in [0.5, 0.6) is 0 Å². The van der Waals surface area contributed by atoms with Crippen molar-refractivity contribution in [1.29, 1.82) is 0 Å². The Bertz CT molecular complexity index is 207. The lowest BCUT2D eigenvalue weighted by Crippen LogP contribution is -2.29. The number of rotatable bonds is 3. The summed E-state index contributed by atoms with van der Waals surface area (Å²) in [5, 5.41) is 2.74. The number of hydrogen-bond acceptors (Lipinski definition) is 2. The topological polar surface area (TPSA) is 38.3 Å². The maximum atomic E-state index is 11.6. The van der Waals surface area contributed by atoms with E-state index in [1.54, 1.807) is 7.11 Å². The predicted octanol–water partition coefficient (Wildman–Crippen LogP) is 1.39. The first kappa shape index (κ1) is 10.5. The normalized spacial score (nSPS) is 24.1. The Morgan fingerprint density at radius 2 is 1.77 bits per heavy atom. The molecule has 0 aromatic rings. The lowest BCUT2D eigenvalue weighted by Gasteiger charge is -2.04. The zero-order valence-electron chi connectivity index (χ0n) is 9.10. The lowest BCUT2D eigenvalue weighted by molar-refractivity contribution is -0.124. The van der Waals surface area contributed by atoms with E-state index in [1.807, 2.05) is 0 Å². The first-order valence-electron chi connectivity index (χ1n) is 4.62. The van der Waals surface area contributed by atoms with Crippen molar-refractivity contribution in [1.82, 2.24) is 5.32 Å². The highest BCUT2D eigenvalue weighted by atomic mass is 16.5. The van der Waals surface area contributed by atoms with E-state index < -0.39 is 0 Å². The molecule has 1 N–H and O–H groups in total. The minimum atomic E-state index is 0.108. The zero-order valence-corrected chi connectivity index (χ0v) is 9.10. The Morgan fingerprint density at radius 1 is 1.31 bits per heavy atom. The smallest absolute Gasteiger partial charge is 0.226 e. The van der Waals surface area contributed by atoms with Crippen LogP contribution in [-0.2, 0) is 9.53 Å². The molecule has 0 atom stereocenters. The van der Waals surface area contributed by atoms with Gasteiger partial charge in [-0.3, -0.25) is 4.79 Å². The molecule has 1 amide bonds. The molecule has 0 aliphatic heterocycles. The predicted molar refractivity (Wildman–Crippen MR) is 51.1 cm³/mol. The molecule has 1 aliphatic rings. The molecule has 0 aromatic carbocycles. The molecule has 0 unspecified atom stereocenters. The third kappa shape index (κ3) is 1.46. The molecule has 1 aliphatic carbocycles. The Balaban J connectivity index is 2.53. The molecule has 0 aromatic heterocycles. The summed E-state index contributed by atoms with van der Waals surface area (Å²) in [5.41, 5.74) is 0.232. The van der Waals surface area contributed by atoms with Gasteiger partial charge < -0.3 is 10.1 Å². The average Bonchev–Trinajstić information content (AvgIpc) is 2.39. The first-order chi connectivity index (χ1) is 5.85. The van der Waals surface area contributed by atoms with Crippen LogP contribution in [0, 0.1) is 16.7 Å². The summed E-state index contributed by atoms with van der Waals surface area (Å²) >= 11 is 0. The molecule has 1 rings (SSSR count). The number of nitrogens with one attached hydrogen (secondary N) is 1. The molecule has 0 heterocycles. The molecular formula is C10H19NO2. The van der Waals surface area contributed by atoms with Crippen molar-refractivity contribution in [2.75, 3.05) is 13.8 Å². The summed E-state index contributed by atoms with van der Waals surface area (Å²) in [7, 11) is 1.57. The average molecular weight is 185 g/mol. The second-order valence-corrected chi connectivity index (χ2v) is 4.85. The van der Waals surface area contributed by atoms with E-state index in [4.69, 9.17) is 4.74 Å². The third-order valence-corrected chi connectivity index (χ3v) is 3.67. The van der Waals surface area contributed by atoms with Gasteiger partial charge in [0.15, 0.2) is 0 Å². The van der Waals surface area contributed by atoms with E-state index >= 15 is 0 Å². The number of hydrogen-bond donors (Lipinski definition) is 1. The van der Waals surface area contributed by atoms with Crippen molar-refractivity contribution >= 4 is 5.91 Å². The largest absolute Gasteiger partial charge is 0.364 e. The number of carbonyl (C=O) groups excluding carboxylic acids is 1. The van der Waals surface area contributed by atoms with Gasteiger partial charge in [0.1, 0.15) is 6.73 Å². The molecule has 13 heavy (non-hydrogen) atoms. The molecule has 0 radical (unpaired) electrons. The van der Waals surface area contributed by atoms with Crippen LogP contribution in [0.15, 0.2) is 0 Å². The van der Waals surface area contributed by atoms with E-state index in [9.17, 15) is 4.79 Å². The van der Waals surface area contributed by atoms with E-state index in [0.29, 0.717) is 6.73 Å². The van der Waals surface area contributed by atoms with Crippen LogP contribution < -0.4 is 5.32 Å². The quantitative estimate of drug-likeness (QED) is 0.675. The maximum absolute atomic E-state index is 11.6.